The van der Waals surface area contributed by atoms with Crippen LogP contribution in [0.1, 0.15) is 7.43 Å². The molecule has 0 aliphatic heterocycles. The highest BCUT2D eigenvalue weighted by molar-refractivity contribution is 5.12. The maximum absolute atomic E-state index is 7.08. The van der Waals surface area contributed by atoms with Crippen LogP contribution in [0.2, 0.25) is 0 Å². The van der Waals surface area contributed by atoms with Gasteiger partial charge in [-0.1, -0.05) is 7.43 Å². The van der Waals surface area contributed by atoms with Crippen molar-refractivity contribution in [2.75, 3.05) is 0 Å². The Kier molecular flexibility index (Phi) is 78.9. The zero-order valence-electron chi connectivity index (χ0n) is 1.60. The molecule has 0 aliphatic rings. The van der Waals surface area contributed by atoms with Crippen LogP contribution in [0, 0.1) is 0 Å². The summed E-state index contributed by atoms with van der Waals surface area (Å²) in [7, 11) is 0. The van der Waals surface area contributed by atoms with Crippen molar-refractivity contribution < 1.29 is 4.79 Å². The number of rotatable bonds is 0. The molecule has 0 atom stereocenters. The summed E-state index contributed by atoms with van der Waals surface area (Å²) < 4.78 is 0. The van der Waals surface area contributed by atoms with Gasteiger partial charge in [-0.25, -0.2) is 0 Å². The van der Waals surface area contributed by atoms with Crippen LogP contribution in [-0.2, 0) is 0 Å². The summed E-state index contributed by atoms with van der Waals surface area (Å²) in [6.45, 7) is 2.67. The van der Waals surface area contributed by atoms with Gasteiger partial charge in [-0.2, -0.15) is 4.79 Å². The first kappa shape index (κ1) is 10.1. The Labute approximate surface area is 25.7 Å². The molecule has 0 aromatic carbocycles. The molecule has 0 rings (SSSR count). The first-order valence-corrected chi connectivity index (χ1v) is 0.516. The van der Waals surface area contributed by atoms with Gasteiger partial charge in [0.2, 0.25) is 6.72 Å². The second-order valence-corrected chi connectivity index (χ2v) is 0.141. The van der Waals surface area contributed by atoms with Gasteiger partial charge in [0.15, 0.2) is 0 Å². The topological polar surface area (TPSA) is 36.4 Å². The number of hydrogen-bond acceptors (Lipinski definition) is 0. The molecule has 0 saturated heterocycles. The second-order valence-electron chi connectivity index (χ2n) is 0.141. The van der Waals surface area contributed by atoms with Gasteiger partial charge in [-0.15, -0.1) is 0 Å². The molecule has 0 saturated carbocycles. The average Bonchev–Trinajstić information content (AvgIpc) is 0.918. The largest absolute Gasteiger partial charge is 0.362 e. The summed E-state index contributed by atoms with van der Waals surface area (Å²) in [6, 6.07) is 0. The molecule has 0 amide bonds. The van der Waals surface area contributed by atoms with Crippen LogP contribution in [-0.4, -0.2) is 11.5 Å². The Morgan fingerprint density at radius 2 is 1.75 bits per heavy atom. The van der Waals surface area contributed by atoms with E-state index in [2.05, 4.69) is 11.5 Å². The van der Waals surface area contributed by atoms with Crippen molar-refractivity contribution >= 4 is 6.72 Å². The van der Waals surface area contributed by atoms with Gasteiger partial charge in [0.1, 0.15) is 0 Å². The molecule has 0 spiro atoms. The molecule has 0 bridgehead atoms. The van der Waals surface area contributed by atoms with E-state index in [1.54, 1.807) is 0 Å². The minimum Gasteiger partial charge on any atom is -0.362 e. The SMILES string of the molecule is C.C=[N+]=[N-]. The van der Waals surface area contributed by atoms with Crippen LogP contribution in [0.25, 0.3) is 5.53 Å². The van der Waals surface area contributed by atoms with Crippen LogP contribution in [0.15, 0.2) is 0 Å². The second kappa shape index (κ2) is 31.4. The maximum Gasteiger partial charge on any atom is 0.245 e. The highest BCUT2D eigenvalue weighted by Gasteiger charge is 0.932. The van der Waals surface area contributed by atoms with Crippen LogP contribution in [0.3, 0.4) is 0 Å². The van der Waals surface area contributed by atoms with E-state index in [0.717, 1.165) is 0 Å². The predicted molar refractivity (Wildman–Crippen MR) is 17.5 cm³/mol. The zero-order chi connectivity index (χ0) is 2.71. The molecule has 4 heavy (non-hydrogen) atoms. The summed E-state index contributed by atoms with van der Waals surface area (Å²) in [5, 5.41) is 0. The first-order valence-electron chi connectivity index (χ1n) is 0.516. The molecule has 0 unspecified atom stereocenters. The summed E-state index contributed by atoms with van der Waals surface area (Å²) >= 11 is 0. The standard InChI is InChI=1S/CH2N2.CH4/c1-3-2;/h1H2;1H4. The summed E-state index contributed by atoms with van der Waals surface area (Å²) in [4.78, 5) is 2.25. The fourth-order valence-corrected chi connectivity index (χ4v) is 0. The highest BCUT2D eigenvalue weighted by atomic mass is 14.8. The fourth-order valence-electron chi connectivity index (χ4n) is 0. The normalized spacial score (nSPS) is 2.00. The number of hydrogen-bond donors (Lipinski definition) is 0. The molecule has 0 radical (unpaired) electrons. The van der Waals surface area contributed by atoms with E-state index >= 15 is 0 Å². The molecule has 0 N–H and O–H groups in total. The molecule has 0 aromatic heterocycles. The molecular formula is C2H6N2. The van der Waals surface area contributed by atoms with E-state index in [1.807, 2.05) is 0 Å². The Bertz CT molecular complexity index is 25.0. The van der Waals surface area contributed by atoms with Gasteiger partial charge < -0.3 is 5.53 Å². The van der Waals surface area contributed by atoms with Crippen LogP contribution in [0.5, 0.6) is 0 Å². The lowest BCUT2D eigenvalue weighted by molar-refractivity contribution is 0.0110. The molecule has 0 fully saturated rings. The summed E-state index contributed by atoms with van der Waals surface area (Å²) in [5.41, 5.74) is 7.08. The third kappa shape index (κ3) is 0.518. The van der Waals surface area contributed by atoms with Gasteiger partial charge in [0.05, 0.1) is 0 Å². The van der Waals surface area contributed by atoms with E-state index in [4.69, 9.17) is 5.53 Å². The fraction of sp³-hybridized carbons (Fsp3) is 0.500. The van der Waals surface area contributed by atoms with Gasteiger partial charge >= 0.3 is 0 Å². The smallest absolute Gasteiger partial charge is 0.245 e. The van der Waals surface area contributed by atoms with Crippen LogP contribution >= 0.6 is 0 Å². The van der Waals surface area contributed by atoms with Crippen molar-refractivity contribution in [1.82, 2.24) is 0 Å². The summed E-state index contributed by atoms with van der Waals surface area (Å²) in [6.07, 6.45) is 0. The van der Waals surface area contributed by atoms with Crippen molar-refractivity contribution in [2.45, 2.75) is 7.43 Å². The molecule has 0 aliphatic carbocycles. The Morgan fingerprint density at radius 3 is 1.75 bits per heavy atom. The molecular weight excluding hydrogens is 52.0 g/mol. The predicted octanol–water partition coefficient (Wildman–Crippen LogP) is 0.553. The molecule has 0 aromatic rings. The van der Waals surface area contributed by atoms with Crippen molar-refractivity contribution in [3.8, 4) is 0 Å². The summed E-state index contributed by atoms with van der Waals surface area (Å²) in [5.74, 6) is 0. The lowest BCUT2D eigenvalue weighted by atomic mass is 11.8. The molecule has 2 heteroatoms. The van der Waals surface area contributed by atoms with Crippen molar-refractivity contribution in [3.05, 3.63) is 5.53 Å². The highest BCUT2D eigenvalue weighted by Crippen LogP contribution is 0.902. The minimum atomic E-state index is 0. The van der Waals surface area contributed by atoms with Gasteiger partial charge in [-0.3, -0.25) is 0 Å². The molecule has 2 nitrogen and oxygen atoms in total. The van der Waals surface area contributed by atoms with Crippen molar-refractivity contribution in [3.63, 3.8) is 0 Å². The van der Waals surface area contributed by atoms with Gasteiger partial charge in [-0.05, 0) is 0 Å². The maximum atomic E-state index is 7.08. The van der Waals surface area contributed by atoms with E-state index in [1.165, 1.54) is 0 Å². The van der Waals surface area contributed by atoms with Gasteiger partial charge in [0, 0.05) is 0 Å². The third-order valence-corrected chi connectivity index (χ3v) is 0. The minimum absolute atomic E-state index is 0. The van der Waals surface area contributed by atoms with E-state index in [-0.39, 0.29) is 7.43 Å². The first-order chi connectivity index (χ1) is 1.41. The van der Waals surface area contributed by atoms with E-state index in [9.17, 15) is 0 Å². The number of nitrogens with zero attached hydrogens (tertiary/aromatic N) is 2. The average molecular weight is 58.1 g/mol. The Morgan fingerprint density at radius 1 is 1.75 bits per heavy atom. The Balaban J connectivity index is 0. The van der Waals surface area contributed by atoms with Gasteiger partial charge in [0.25, 0.3) is 0 Å². The lowest BCUT2D eigenvalue weighted by Crippen LogP contribution is -1.21. The quantitative estimate of drug-likeness (QED) is 0.221. The van der Waals surface area contributed by atoms with E-state index < -0.39 is 0 Å². The van der Waals surface area contributed by atoms with Crippen molar-refractivity contribution in [2.24, 2.45) is 0 Å². The zero-order valence-corrected chi connectivity index (χ0v) is 1.60. The Hall–Kier alpha value is -0.620. The van der Waals surface area contributed by atoms with Crippen molar-refractivity contribution in [1.29, 1.82) is 0 Å². The lowest BCUT2D eigenvalue weighted by Gasteiger charge is -1.16. The molecule has 24 valence electrons. The van der Waals surface area contributed by atoms with Crippen LogP contribution < -0.4 is 0 Å². The van der Waals surface area contributed by atoms with E-state index in [0.29, 0.717) is 0 Å². The third-order valence-electron chi connectivity index (χ3n) is 0. The monoisotopic (exact) mass is 58.1 g/mol. The van der Waals surface area contributed by atoms with Crippen LogP contribution in [0.4, 0.5) is 0 Å². The molecule has 0 heterocycles.